The first kappa shape index (κ1) is 27.9. The van der Waals surface area contributed by atoms with E-state index < -0.39 is 28.5 Å². The third kappa shape index (κ3) is 6.98. The van der Waals surface area contributed by atoms with E-state index in [1.54, 1.807) is 30.3 Å². The number of carbonyl (C=O) groups is 2. The lowest BCUT2D eigenvalue weighted by molar-refractivity contribution is -0.139. The Morgan fingerprint density at radius 1 is 0.838 bits per heavy atom. The molecule has 0 spiro atoms. The molecule has 0 fully saturated rings. The summed E-state index contributed by atoms with van der Waals surface area (Å²) in [5.41, 5.74) is 2.48. The van der Waals surface area contributed by atoms with Crippen LogP contribution in [0.4, 0.5) is 5.69 Å². The van der Waals surface area contributed by atoms with E-state index in [4.69, 9.17) is 0 Å². The third-order valence-corrected chi connectivity index (χ3v) is 8.15. The first-order valence-electron chi connectivity index (χ1n) is 12.5. The number of hydrogen-bond acceptors (Lipinski definition) is 4. The lowest BCUT2D eigenvalue weighted by atomic mass is 10.1. The number of hydrogen-bond donors (Lipinski definition) is 1. The molecule has 3 aromatic carbocycles. The number of anilines is 1. The number of nitrogens with one attached hydrogen (secondary N) is 1. The molecule has 0 aromatic heterocycles. The predicted molar refractivity (Wildman–Crippen MR) is 147 cm³/mol. The van der Waals surface area contributed by atoms with E-state index >= 15 is 0 Å². The van der Waals surface area contributed by atoms with Gasteiger partial charge < -0.3 is 10.2 Å². The Balaban J connectivity index is 1.99. The summed E-state index contributed by atoms with van der Waals surface area (Å²) in [5.74, 6) is -0.723. The molecule has 37 heavy (non-hydrogen) atoms. The smallest absolute Gasteiger partial charge is 0.264 e. The first-order chi connectivity index (χ1) is 17.8. The van der Waals surface area contributed by atoms with Gasteiger partial charge in [-0.15, -0.1) is 0 Å². The van der Waals surface area contributed by atoms with Gasteiger partial charge in [-0.1, -0.05) is 74.5 Å². The van der Waals surface area contributed by atoms with Crippen LogP contribution in [-0.2, 0) is 32.5 Å². The molecular weight excluding hydrogens is 486 g/mol. The van der Waals surface area contributed by atoms with Crippen LogP contribution in [0, 0.1) is 0 Å². The molecule has 1 N–H and O–H groups in total. The van der Waals surface area contributed by atoms with Crippen LogP contribution in [0.2, 0.25) is 0 Å². The van der Waals surface area contributed by atoms with Crippen molar-refractivity contribution in [1.82, 2.24) is 10.2 Å². The quantitative estimate of drug-likeness (QED) is 0.390. The molecule has 0 aliphatic carbocycles. The fourth-order valence-electron chi connectivity index (χ4n) is 4.21. The van der Waals surface area contributed by atoms with Gasteiger partial charge in [-0.2, -0.15) is 0 Å². The SMILES string of the molecule is CCc1ccc(N(CC(=O)N(CCc2ccccc2)C(CC)C(=O)NC)S(=O)(=O)c2ccccc2)cc1. The van der Waals surface area contributed by atoms with Gasteiger partial charge in [-0.05, 0) is 54.7 Å². The van der Waals surface area contributed by atoms with Crippen LogP contribution in [0.1, 0.15) is 31.4 Å². The van der Waals surface area contributed by atoms with Crippen LogP contribution < -0.4 is 9.62 Å². The highest BCUT2D eigenvalue weighted by Gasteiger charge is 2.33. The minimum absolute atomic E-state index is 0.0940. The highest BCUT2D eigenvalue weighted by atomic mass is 32.2. The molecule has 196 valence electrons. The number of aryl methyl sites for hydroxylation is 1. The number of sulfonamides is 1. The minimum Gasteiger partial charge on any atom is -0.357 e. The largest absolute Gasteiger partial charge is 0.357 e. The van der Waals surface area contributed by atoms with E-state index in [0.29, 0.717) is 18.5 Å². The summed E-state index contributed by atoms with van der Waals surface area (Å²) < 4.78 is 28.6. The summed E-state index contributed by atoms with van der Waals surface area (Å²) in [7, 11) is -2.51. The first-order valence-corrected chi connectivity index (χ1v) is 14.0. The summed E-state index contributed by atoms with van der Waals surface area (Å²) in [6.45, 7) is 3.71. The van der Waals surface area contributed by atoms with Crippen LogP contribution >= 0.6 is 0 Å². The van der Waals surface area contributed by atoms with Gasteiger partial charge in [0.1, 0.15) is 12.6 Å². The molecule has 3 aromatic rings. The molecule has 0 aliphatic heterocycles. The van der Waals surface area contributed by atoms with Crippen molar-refractivity contribution in [3.8, 4) is 0 Å². The Hall–Kier alpha value is -3.65. The highest BCUT2D eigenvalue weighted by molar-refractivity contribution is 7.92. The Morgan fingerprint density at radius 3 is 1.97 bits per heavy atom. The number of carbonyl (C=O) groups excluding carboxylic acids is 2. The standard InChI is InChI=1S/C29H35N3O4S/c1-4-23-16-18-25(19-17-23)32(37(35,36)26-14-10-7-11-15-26)22-28(33)31(27(5-2)29(34)30-3)21-20-24-12-8-6-9-13-24/h6-19,27H,4-5,20-22H2,1-3H3,(H,30,34). The van der Waals surface area contributed by atoms with Crippen molar-refractivity contribution in [3.05, 3.63) is 96.1 Å². The van der Waals surface area contributed by atoms with Crippen LogP contribution in [0.15, 0.2) is 89.8 Å². The maximum absolute atomic E-state index is 13.8. The zero-order valence-corrected chi connectivity index (χ0v) is 22.4. The zero-order chi connectivity index (χ0) is 26.8. The van der Waals surface area contributed by atoms with Crippen LogP contribution in [0.3, 0.4) is 0 Å². The second-order valence-corrected chi connectivity index (χ2v) is 10.6. The maximum Gasteiger partial charge on any atom is 0.264 e. The lowest BCUT2D eigenvalue weighted by Gasteiger charge is -2.33. The predicted octanol–water partition coefficient (Wildman–Crippen LogP) is 4.04. The maximum atomic E-state index is 13.8. The molecule has 0 radical (unpaired) electrons. The molecule has 0 saturated carbocycles. The van der Waals surface area contributed by atoms with Gasteiger partial charge in [0.25, 0.3) is 10.0 Å². The number of nitrogens with zero attached hydrogens (tertiary/aromatic N) is 2. The molecule has 1 unspecified atom stereocenters. The molecule has 0 heterocycles. The number of amides is 2. The molecule has 2 amide bonds. The van der Waals surface area contributed by atoms with Gasteiger partial charge in [0.05, 0.1) is 10.6 Å². The Bertz CT molecular complexity index is 1260. The van der Waals surface area contributed by atoms with Crippen molar-refractivity contribution in [2.45, 2.75) is 44.0 Å². The fraction of sp³-hybridized carbons (Fsp3) is 0.310. The second-order valence-electron chi connectivity index (χ2n) is 8.71. The van der Waals surface area contributed by atoms with Gasteiger partial charge in [0.15, 0.2) is 0 Å². The van der Waals surface area contributed by atoms with Crippen LogP contribution in [-0.4, -0.2) is 51.3 Å². The average molecular weight is 522 g/mol. The van der Waals surface area contributed by atoms with Gasteiger partial charge in [-0.25, -0.2) is 8.42 Å². The van der Waals surface area contributed by atoms with Crippen molar-refractivity contribution in [1.29, 1.82) is 0 Å². The molecule has 1 atom stereocenters. The molecule has 0 aliphatic rings. The van der Waals surface area contributed by atoms with Crippen molar-refractivity contribution in [2.75, 3.05) is 24.4 Å². The topological polar surface area (TPSA) is 86.8 Å². The molecule has 0 bridgehead atoms. The number of rotatable bonds is 12. The normalized spacial score (nSPS) is 12.0. The fourth-order valence-corrected chi connectivity index (χ4v) is 5.64. The van der Waals surface area contributed by atoms with Crippen LogP contribution in [0.5, 0.6) is 0 Å². The van der Waals surface area contributed by atoms with Gasteiger partial charge in [0.2, 0.25) is 11.8 Å². The summed E-state index contributed by atoms with van der Waals surface area (Å²) in [6, 6.07) is 24.2. The summed E-state index contributed by atoms with van der Waals surface area (Å²) in [4.78, 5) is 28.1. The summed E-state index contributed by atoms with van der Waals surface area (Å²) in [5, 5.41) is 2.64. The van der Waals surface area contributed by atoms with E-state index in [1.807, 2.05) is 56.3 Å². The molecule has 7 nitrogen and oxygen atoms in total. The molecule has 0 saturated heterocycles. The van der Waals surface area contributed by atoms with Gasteiger partial charge in [0, 0.05) is 13.6 Å². The van der Waals surface area contributed by atoms with Crippen molar-refractivity contribution in [2.24, 2.45) is 0 Å². The minimum atomic E-state index is -4.04. The lowest BCUT2D eigenvalue weighted by Crippen LogP contribution is -2.52. The van der Waals surface area contributed by atoms with Gasteiger partial charge >= 0.3 is 0 Å². The van der Waals surface area contributed by atoms with Crippen molar-refractivity contribution in [3.63, 3.8) is 0 Å². The third-order valence-electron chi connectivity index (χ3n) is 6.36. The average Bonchev–Trinajstić information content (AvgIpc) is 2.94. The molecule has 8 heteroatoms. The zero-order valence-electron chi connectivity index (χ0n) is 21.6. The van der Waals surface area contributed by atoms with E-state index in [2.05, 4.69) is 5.32 Å². The Kier molecular flexibility index (Phi) is 9.85. The van der Waals surface area contributed by atoms with E-state index in [9.17, 15) is 18.0 Å². The van der Waals surface area contributed by atoms with E-state index in [-0.39, 0.29) is 17.3 Å². The molecular formula is C29H35N3O4S. The summed E-state index contributed by atoms with van der Waals surface area (Å²) in [6.07, 6.45) is 1.75. The van der Waals surface area contributed by atoms with Crippen molar-refractivity contribution < 1.29 is 18.0 Å². The monoisotopic (exact) mass is 521 g/mol. The van der Waals surface area contributed by atoms with E-state index in [0.717, 1.165) is 21.9 Å². The highest BCUT2D eigenvalue weighted by Crippen LogP contribution is 2.25. The number of benzene rings is 3. The Morgan fingerprint density at radius 2 is 1.43 bits per heavy atom. The summed E-state index contributed by atoms with van der Waals surface area (Å²) >= 11 is 0. The Labute approximate surface area is 220 Å². The van der Waals surface area contributed by atoms with Gasteiger partial charge in [-0.3, -0.25) is 13.9 Å². The van der Waals surface area contributed by atoms with Crippen LogP contribution in [0.25, 0.3) is 0 Å². The van der Waals surface area contributed by atoms with E-state index in [1.165, 1.54) is 24.1 Å². The van der Waals surface area contributed by atoms with Crippen molar-refractivity contribution >= 4 is 27.5 Å². The molecule has 3 rings (SSSR count). The second kappa shape index (κ2) is 13.1. The number of likely N-dealkylation sites (N-methyl/N-ethyl adjacent to an activating group) is 1.